The van der Waals surface area contributed by atoms with Gasteiger partial charge in [0, 0.05) is 19.7 Å². The Morgan fingerprint density at radius 2 is 2.22 bits per heavy atom. The summed E-state index contributed by atoms with van der Waals surface area (Å²) in [4.78, 5) is 11.8. The molecule has 2 N–H and O–H groups in total. The molecule has 0 fully saturated rings. The zero-order chi connectivity index (χ0) is 13.5. The standard InChI is InChI=1S/C12H16BrNO4/c1-17-7-8(13)6-14-12(16)10-4-3-9(18-2)5-11(10)15/h3-5,8,15H,6-7H2,1-2H3,(H,14,16). The summed E-state index contributed by atoms with van der Waals surface area (Å²) in [6.45, 7) is 0.910. The first kappa shape index (κ1) is 14.8. The van der Waals surface area contributed by atoms with Crippen LogP contribution in [0.15, 0.2) is 18.2 Å². The minimum atomic E-state index is -0.337. The van der Waals surface area contributed by atoms with Crippen molar-refractivity contribution in [2.24, 2.45) is 0 Å². The second kappa shape index (κ2) is 7.23. The van der Waals surface area contributed by atoms with Crippen molar-refractivity contribution in [3.05, 3.63) is 23.8 Å². The summed E-state index contributed by atoms with van der Waals surface area (Å²) in [5, 5.41) is 12.4. The second-order valence-electron chi connectivity index (χ2n) is 3.65. The average molecular weight is 318 g/mol. The van der Waals surface area contributed by atoms with Gasteiger partial charge in [-0.05, 0) is 12.1 Å². The van der Waals surface area contributed by atoms with Gasteiger partial charge in [0.25, 0.3) is 5.91 Å². The van der Waals surface area contributed by atoms with Crippen molar-refractivity contribution in [1.29, 1.82) is 0 Å². The lowest BCUT2D eigenvalue weighted by molar-refractivity contribution is 0.0947. The summed E-state index contributed by atoms with van der Waals surface area (Å²) in [5.74, 6) is 0.0576. The Kier molecular flexibility index (Phi) is 5.94. The van der Waals surface area contributed by atoms with Crippen LogP contribution in [0.2, 0.25) is 0 Å². The number of phenols is 1. The fourth-order valence-electron chi connectivity index (χ4n) is 1.37. The largest absolute Gasteiger partial charge is 0.507 e. The van der Waals surface area contributed by atoms with Crippen molar-refractivity contribution < 1.29 is 19.4 Å². The number of hydrogen-bond donors (Lipinski definition) is 2. The van der Waals surface area contributed by atoms with Gasteiger partial charge in [0.2, 0.25) is 0 Å². The van der Waals surface area contributed by atoms with E-state index in [1.165, 1.54) is 19.2 Å². The number of phenolic OH excluding ortho intramolecular Hbond substituents is 1. The number of carbonyl (C=O) groups is 1. The third-order valence-corrected chi connectivity index (χ3v) is 2.87. The molecule has 1 unspecified atom stereocenters. The van der Waals surface area contributed by atoms with E-state index in [-0.39, 0.29) is 22.0 Å². The smallest absolute Gasteiger partial charge is 0.255 e. The zero-order valence-electron chi connectivity index (χ0n) is 10.3. The number of rotatable bonds is 6. The lowest BCUT2D eigenvalue weighted by atomic mass is 10.2. The van der Waals surface area contributed by atoms with Gasteiger partial charge in [-0.2, -0.15) is 0 Å². The van der Waals surface area contributed by atoms with Crippen molar-refractivity contribution in [1.82, 2.24) is 5.32 Å². The molecular formula is C12H16BrNO4. The highest BCUT2D eigenvalue weighted by molar-refractivity contribution is 9.09. The molecule has 0 saturated carbocycles. The van der Waals surface area contributed by atoms with Crippen molar-refractivity contribution >= 4 is 21.8 Å². The molecule has 18 heavy (non-hydrogen) atoms. The van der Waals surface area contributed by atoms with E-state index in [1.54, 1.807) is 13.2 Å². The highest BCUT2D eigenvalue weighted by Crippen LogP contribution is 2.23. The fourth-order valence-corrected chi connectivity index (χ4v) is 1.80. The maximum Gasteiger partial charge on any atom is 0.255 e. The molecule has 0 spiro atoms. The van der Waals surface area contributed by atoms with E-state index in [0.29, 0.717) is 18.9 Å². The van der Waals surface area contributed by atoms with Crippen LogP contribution >= 0.6 is 15.9 Å². The summed E-state index contributed by atoms with van der Waals surface area (Å²) < 4.78 is 9.88. The third kappa shape index (κ3) is 4.19. The molecule has 1 rings (SSSR count). The molecule has 1 amide bonds. The van der Waals surface area contributed by atoms with Gasteiger partial charge >= 0.3 is 0 Å². The quantitative estimate of drug-likeness (QED) is 0.781. The molecule has 0 aromatic heterocycles. The topological polar surface area (TPSA) is 67.8 Å². The van der Waals surface area contributed by atoms with E-state index < -0.39 is 0 Å². The van der Waals surface area contributed by atoms with Crippen LogP contribution in [-0.4, -0.2) is 43.2 Å². The van der Waals surface area contributed by atoms with E-state index in [9.17, 15) is 9.90 Å². The van der Waals surface area contributed by atoms with Crippen molar-refractivity contribution in [2.45, 2.75) is 4.83 Å². The highest BCUT2D eigenvalue weighted by Gasteiger charge is 2.13. The summed E-state index contributed by atoms with van der Waals surface area (Å²) in [6, 6.07) is 4.54. The number of benzene rings is 1. The van der Waals surface area contributed by atoms with E-state index in [1.807, 2.05) is 0 Å². The molecule has 1 aromatic carbocycles. The first-order valence-corrected chi connectivity index (χ1v) is 6.28. The average Bonchev–Trinajstić information content (AvgIpc) is 2.36. The van der Waals surface area contributed by atoms with Crippen molar-refractivity contribution in [2.75, 3.05) is 27.4 Å². The van der Waals surface area contributed by atoms with Crippen molar-refractivity contribution in [3.8, 4) is 11.5 Å². The molecule has 100 valence electrons. The van der Waals surface area contributed by atoms with Crippen LogP contribution in [0.1, 0.15) is 10.4 Å². The molecule has 0 aliphatic rings. The van der Waals surface area contributed by atoms with Gasteiger partial charge in [-0.15, -0.1) is 0 Å². The van der Waals surface area contributed by atoms with Gasteiger partial charge in [0.1, 0.15) is 11.5 Å². The maximum absolute atomic E-state index is 11.8. The monoisotopic (exact) mass is 317 g/mol. The number of hydrogen-bond acceptors (Lipinski definition) is 4. The van der Waals surface area contributed by atoms with Crippen molar-refractivity contribution in [3.63, 3.8) is 0 Å². The Labute approximate surface area is 114 Å². The number of carbonyl (C=O) groups excluding carboxylic acids is 1. The SMILES string of the molecule is COCC(Br)CNC(=O)c1ccc(OC)cc1O. The zero-order valence-corrected chi connectivity index (χ0v) is 11.9. The number of alkyl halides is 1. The summed E-state index contributed by atoms with van der Waals surface area (Å²) in [5.41, 5.74) is 0.216. The lowest BCUT2D eigenvalue weighted by Crippen LogP contribution is -2.31. The molecule has 0 heterocycles. The van der Waals surface area contributed by atoms with E-state index in [4.69, 9.17) is 9.47 Å². The Hall–Kier alpha value is -1.27. The lowest BCUT2D eigenvalue weighted by Gasteiger charge is -2.11. The maximum atomic E-state index is 11.8. The van der Waals surface area contributed by atoms with Crippen LogP contribution < -0.4 is 10.1 Å². The van der Waals surface area contributed by atoms with E-state index >= 15 is 0 Å². The Bertz CT molecular complexity index is 411. The number of amides is 1. The molecular weight excluding hydrogens is 302 g/mol. The third-order valence-electron chi connectivity index (χ3n) is 2.28. The Balaban J connectivity index is 2.61. The summed E-state index contributed by atoms with van der Waals surface area (Å²) >= 11 is 3.36. The number of halogens is 1. The van der Waals surface area contributed by atoms with Gasteiger partial charge in [0.15, 0.2) is 0 Å². The predicted molar refractivity (Wildman–Crippen MR) is 71.6 cm³/mol. The highest BCUT2D eigenvalue weighted by atomic mass is 79.9. The fraction of sp³-hybridized carbons (Fsp3) is 0.417. The number of methoxy groups -OCH3 is 2. The van der Waals surface area contributed by atoms with Gasteiger partial charge in [-0.1, -0.05) is 15.9 Å². The van der Waals surface area contributed by atoms with Gasteiger partial charge in [-0.25, -0.2) is 0 Å². The summed E-state index contributed by atoms with van der Waals surface area (Å²) in [7, 11) is 3.08. The van der Waals surface area contributed by atoms with E-state index in [2.05, 4.69) is 21.2 Å². The Morgan fingerprint density at radius 3 is 2.78 bits per heavy atom. The van der Waals surface area contributed by atoms with Gasteiger partial charge < -0.3 is 19.9 Å². The predicted octanol–water partition coefficient (Wildman–Crippen LogP) is 1.54. The minimum Gasteiger partial charge on any atom is -0.507 e. The molecule has 1 aromatic rings. The first-order chi connectivity index (χ1) is 8.58. The Morgan fingerprint density at radius 1 is 1.50 bits per heavy atom. The van der Waals surface area contributed by atoms with Crippen LogP contribution in [0, 0.1) is 0 Å². The molecule has 6 heteroatoms. The van der Waals surface area contributed by atoms with Crippen LogP contribution in [0.4, 0.5) is 0 Å². The van der Waals surface area contributed by atoms with E-state index in [0.717, 1.165) is 0 Å². The van der Waals surface area contributed by atoms with Gasteiger partial charge in [-0.3, -0.25) is 4.79 Å². The molecule has 0 bridgehead atoms. The number of nitrogens with one attached hydrogen (secondary N) is 1. The molecule has 1 atom stereocenters. The molecule has 5 nitrogen and oxygen atoms in total. The normalized spacial score (nSPS) is 11.9. The van der Waals surface area contributed by atoms with Crippen LogP contribution in [0.3, 0.4) is 0 Å². The minimum absolute atomic E-state index is 0.0341. The van der Waals surface area contributed by atoms with Gasteiger partial charge in [0.05, 0.1) is 24.1 Å². The number of aromatic hydroxyl groups is 1. The second-order valence-corrected chi connectivity index (χ2v) is 4.94. The number of ether oxygens (including phenoxy) is 2. The molecule has 0 aliphatic heterocycles. The molecule has 0 radical (unpaired) electrons. The first-order valence-electron chi connectivity index (χ1n) is 5.36. The molecule has 0 saturated heterocycles. The van der Waals surface area contributed by atoms with Crippen LogP contribution in [0.5, 0.6) is 11.5 Å². The molecule has 0 aliphatic carbocycles. The van der Waals surface area contributed by atoms with Crippen LogP contribution in [0.25, 0.3) is 0 Å². The summed E-state index contributed by atoms with van der Waals surface area (Å²) in [6.07, 6.45) is 0. The van der Waals surface area contributed by atoms with Crippen LogP contribution in [-0.2, 0) is 4.74 Å².